The highest BCUT2D eigenvalue weighted by molar-refractivity contribution is 7.27. The fraction of sp³-hybridized carbons (Fsp3) is 0. The van der Waals surface area contributed by atoms with E-state index in [1.165, 1.54) is 128 Å². The highest BCUT2D eigenvalue weighted by Gasteiger charge is 2.22. The lowest BCUT2D eigenvalue weighted by Gasteiger charge is -2.20. The van der Waals surface area contributed by atoms with Crippen LogP contribution in [0.4, 0.5) is 0 Å². The maximum absolute atomic E-state index is 2.52. The van der Waals surface area contributed by atoms with E-state index in [1.807, 2.05) is 22.7 Å². The minimum absolute atomic E-state index is 1.22. The molecule has 2 heteroatoms. The Hall–Kier alpha value is -7.10. The van der Waals surface area contributed by atoms with Crippen LogP contribution in [0, 0.1) is 0 Å². The first-order valence-corrected chi connectivity index (χ1v) is 22.2. The molecule has 2 heterocycles. The SMILES string of the molecule is c1ccc(-c2ccccc2-c2c3cccc(-c4cc5ccccc5c5sc6ccccc6c45)c3cc3c(-c4cc5ccccc5c5sc6ccccc6c45)cccc23)cc1. The van der Waals surface area contributed by atoms with Gasteiger partial charge in [-0.15, -0.1) is 22.7 Å². The molecule has 0 amide bonds. The summed E-state index contributed by atoms with van der Waals surface area (Å²) in [7, 11) is 0. The molecule has 0 N–H and O–H groups in total. The number of rotatable bonds is 4. The molecule has 0 aliphatic heterocycles. The standard InChI is InChI=1S/C58H34S2/c1-2-16-35(17-3-1)38-20-8-9-23-43(38)54-44-28-14-26-41(50-32-36-18-4-6-21-39(36)57-55(50)46-24-10-12-30-52(46)59-57)48(44)34-49-42(27-15-29-45(49)54)51-33-37-19-5-7-22-40(37)58-56(51)47-25-11-13-31-53(47)60-58/h1-34H. The fourth-order valence-corrected chi connectivity index (χ4v) is 12.6. The van der Waals surface area contributed by atoms with Crippen molar-refractivity contribution in [2.45, 2.75) is 0 Å². The fourth-order valence-electron chi connectivity index (χ4n) is 10.0. The molecule has 0 radical (unpaired) electrons. The third kappa shape index (κ3) is 4.96. The molecule has 13 rings (SSSR count). The maximum Gasteiger partial charge on any atom is 0.0440 e. The summed E-state index contributed by atoms with van der Waals surface area (Å²) in [5.74, 6) is 0. The van der Waals surface area contributed by atoms with E-state index in [-0.39, 0.29) is 0 Å². The average Bonchev–Trinajstić information content (AvgIpc) is 3.91. The Morgan fingerprint density at radius 2 is 0.667 bits per heavy atom. The molecule has 2 aromatic heterocycles. The Balaban J connectivity index is 1.22. The smallest absolute Gasteiger partial charge is 0.0440 e. The molecule has 0 aliphatic carbocycles. The topological polar surface area (TPSA) is 0 Å². The quantitative estimate of drug-likeness (QED) is 0.156. The van der Waals surface area contributed by atoms with Gasteiger partial charge in [-0.3, -0.25) is 0 Å². The Bertz CT molecular complexity index is 3670. The number of hydrogen-bond donors (Lipinski definition) is 0. The van der Waals surface area contributed by atoms with Gasteiger partial charge in [0.25, 0.3) is 0 Å². The van der Waals surface area contributed by atoms with E-state index in [1.54, 1.807) is 0 Å². The molecule has 0 nitrogen and oxygen atoms in total. The molecule has 0 bridgehead atoms. The lowest BCUT2D eigenvalue weighted by Crippen LogP contribution is -1.93. The lowest BCUT2D eigenvalue weighted by atomic mass is 9.83. The van der Waals surface area contributed by atoms with Crippen LogP contribution in [0.25, 0.3) is 128 Å². The van der Waals surface area contributed by atoms with Crippen LogP contribution in [0.2, 0.25) is 0 Å². The molecule has 0 atom stereocenters. The van der Waals surface area contributed by atoms with Gasteiger partial charge in [0.1, 0.15) is 0 Å². The Labute approximate surface area is 354 Å². The molecule has 0 unspecified atom stereocenters. The monoisotopic (exact) mass is 794 g/mol. The van der Waals surface area contributed by atoms with E-state index < -0.39 is 0 Å². The molecule has 60 heavy (non-hydrogen) atoms. The Morgan fingerprint density at radius 3 is 1.22 bits per heavy atom. The maximum atomic E-state index is 2.52. The van der Waals surface area contributed by atoms with Gasteiger partial charge in [0.15, 0.2) is 0 Å². The number of benzene rings is 11. The number of hydrogen-bond acceptors (Lipinski definition) is 2. The summed E-state index contributed by atoms with van der Waals surface area (Å²) in [5.41, 5.74) is 10.0. The largest absolute Gasteiger partial charge is 0.135 e. The van der Waals surface area contributed by atoms with Gasteiger partial charge in [-0.05, 0) is 118 Å². The zero-order valence-corrected chi connectivity index (χ0v) is 34.1. The second-order valence-electron chi connectivity index (χ2n) is 15.9. The summed E-state index contributed by atoms with van der Waals surface area (Å²) in [6.07, 6.45) is 0. The number of thiophene rings is 2. The first-order valence-electron chi connectivity index (χ1n) is 20.6. The molecule has 0 saturated heterocycles. The molecule has 11 aromatic carbocycles. The van der Waals surface area contributed by atoms with Gasteiger partial charge >= 0.3 is 0 Å². The third-order valence-electron chi connectivity index (χ3n) is 12.6. The van der Waals surface area contributed by atoms with Gasteiger partial charge in [0.05, 0.1) is 0 Å². The van der Waals surface area contributed by atoms with Crippen molar-refractivity contribution in [1.82, 2.24) is 0 Å². The third-order valence-corrected chi connectivity index (χ3v) is 15.0. The zero-order chi connectivity index (χ0) is 39.3. The van der Waals surface area contributed by atoms with Crippen molar-refractivity contribution in [3.05, 3.63) is 206 Å². The van der Waals surface area contributed by atoms with E-state index in [9.17, 15) is 0 Å². The molecular weight excluding hydrogens is 761 g/mol. The minimum atomic E-state index is 1.22. The molecule has 0 saturated carbocycles. The van der Waals surface area contributed by atoms with Crippen LogP contribution in [-0.2, 0) is 0 Å². The second-order valence-corrected chi connectivity index (χ2v) is 18.0. The van der Waals surface area contributed by atoms with E-state index >= 15 is 0 Å². The van der Waals surface area contributed by atoms with Gasteiger partial charge in [-0.25, -0.2) is 0 Å². The summed E-state index contributed by atoms with van der Waals surface area (Å²) in [4.78, 5) is 0. The van der Waals surface area contributed by atoms with E-state index in [4.69, 9.17) is 0 Å². The summed E-state index contributed by atoms with van der Waals surface area (Å²) < 4.78 is 5.33. The normalized spacial score (nSPS) is 12.0. The van der Waals surface area contributed by atoms with Crippen molar-refractivity contribution in [3.8, 4) is 44.5 Å². The zero-order valence-electron chi connectivity index (χ0n) is 32.4. The first kappa shape index (κ1) is 33.8. The van der Waals surface area contributed by atoms with Crippen molar-refractivity contribution in [3.63, 3.8) is 0 Å². The van der Waals surface area contributed by atoms with Crippen molar-refractivity contribution >= 4 is 106 Å². The molecule has 0 fully saturated rings. The predicted octanol–water partition coefficient (Wildman–Crippen LogP) is 17.7. The highest BCUT2D eigenvalue weighted by atomic mass is 32.1. The van der Waals surface area contributed by atoms with Gasteiger partial charge < -0.3 is 0 Å². The van der Waals surface area contributed by atoms with Gasteiger partial charge in [0, 0.05) is 40.3 Å². The van der Waals surface area contributed by atoms with Crippen molar-refractivity contribution < 1.29 is 0 Å². The van der Waals surface area contributed by atoms with E-state index in [0.717, 1.165) is 0 Å². The molecule has 13 aromatic rings. The van der Waals surface area contributed by atoms with Crippen molar-refractivity contribution in [2.75, 3.05) is 0 Å². The molecule has 0 spiro atoms. The average molecular weight is 795 g/mol. The van der Waals surface area contributed by atoms with E-state index in [0.29, 0.717) is 0 Å². The van der Waals surface area contributed by atoms with Crippen LogP contribution < -0.4 is 0 Å². The van der Waals surface area contributed by atoms with Crippen molar-refractivity contribution in [2.24, 2.45) is 0 Å². The van der Waals surface area contributed by atoms with Crippen LogP contribution >= 0.6 is 22.7 Å². The second kappa shape index (κ2) is 13.2. The minimum Gasteiger partial charge on any atom is -0.135 e. The van der Waals surface area contributed by atoms with Crippen LogP contribution in [0.15, 0.2) is 206 Å². The summed E-state index contributed by atoms with van der Waals surface area (Å²) in [6.45, 7) is 0. The Kier molecular flexibility index (Phi) is 7.45. The summed E-state index contributed by atoms with van der Waals surface area (Å²) in [6, 6.07) is 77.0. The van der Waals surface area contributed by atoms with Crippen LogP contribution in [0.1, 0.15) is 0 Å². The van der Waals surface area contributed by atoms with Crippen molar-refractivity contribution in [1.29, 1.82) is 0 Å². The molecule has 0 aliphatic rings. The van der Waals surface area contributed by atoms with Crippen LogP contribution in [0.3, 0.4) is 0 Å². The number of fused-ring (bicyclic) bond motifs is 12. The van der Waals surface area contributed by atoms with Crippen LogP contribution in [0.5, 0.6) is 0 Å². The van der Waals surface area contributed by atoms with Gasteiger partial charge in [-0.2, -0.15) is 0 Å². The summed E-state index contributed by atoms with van der Waals surface area (Å²) >= 11 is 3.82. The molecular formula is C58H34S2. The molecule has 278 valence electrons. The Morgan fingerprint density at radius 1 is 0.250 bits per heavy atom. The summed E-state index contributed by atoms with van der Waals surface area (Å²) in [5, 5.41) is 15.5. The van der Waals surface area contributed by atoms with Crippen LogP contribution in [-0.4, -0.2) is 0 Å². The van der Waals surface area contributed by atoms with Gasteiger partial charge in [0.2, 0.25) is 0 Å². The van der Waals surface area contributed by atoms with E-state index in [2.05, 4.69) is 206 Å². The van der Waals surface area contributed by atoms with Gasteiger partial charge in [-0.1, -0.05) is 176 Å². The first-order chi connectivity index (χ1) is 29.8. The lowest BCUT2D eigenvalue weighted by molar-refractivity contribution is 1.61. The predicted molar refractivity (Wildman–Crippen MR) is 264 cm³/mol. The highest BCUT2D eigenvalue weighted by Crippen LogP contribution is 2.51.